The van der Waals surface area contributed by atoms with Crippen molar-refractivity contribution in [1.29, 1.82) is 0 Å². The van der Waals surface area contributed by atoms with Gasteiger partial charge in [-0.15, -0.1) is 11.3 Å². The predicted molar refractivity (Wildman–Crippen MR) is 130 cm³/mol. The van der Waals surface area contributed by atoms with Gasteiger partial charge in [-0.2, -0.15) is 5.10 Å². The van der Waals surface area contributed by atoms with E-state index in [1.807, 2.05) is 60.6 Å². The Morgan fingerprint density at radius 2 is 1.91 bits per heavy atom. The zero-order valence-corrected chi connectivity index (χ0v) is 19.3. The second kappa shape index (κ2) is 7.71. The summed E-state index contributed by atoms with van der Waals surface area (Å²) < 4.78 is 4.02. The van der Waals surface area contributed by atoms with Crippen molar-refractivity contribution in [2.75, 3.05) is 6.54 Å². The van der Waals surface area contributed by atoms with E-state index in [9.17, 15) is 4.79 Å². The van der Waals surface area contributed by atoms with Gasteiger partial charge in [0, 0.05) is 32.0 Å². The Morgan fingerprint density at radius 1 is 1.06 bits per heavy atom. The van der Waals surface area contributed by atoms with E-state index in [4.69, 9.17) is 4.98 Å². The smallest absolute Gasteiger partial charge is 0.255 e. The summed E-state index contributed by atoms with van der Waals surface area (Å²) in [7, 11) is 1.88. The van der Waals surface area contributed by atoms with Crippen LogP contribution in [0.25, 0.3) is 21.6 Å². The highest BCUT2D eigenvalue weighted by atomic mass is 32.1. The molecule has 1 aromatic carbocycles. The van der Waals surface area contributed by atoms with Crippen LogP contribution in [0.1, 0.15) is 33.4 Å². The first-order valence-electron chi connectivity index (χ1n) is 11.0. The SMILES string of the molecule is Cc1nn(C)c2nc(-c3cccs3)cc(C(=O)N3CCn4cccc4C3c3ccccc3)c12. The summed E-state index contributed by atoms with van der Waals surface area (Å²) in [4.78, 5) is 22.2. The molecule has 0 saturated carbocycles. The van der Waals surface area contributed by atoms with Crippen LogP contribution >= 0.6 is 11.3 Å². The van der Waals surface area contributed by atoms with Crippen molar-refractivity contribution < 1.29 is 4.79 Å². The number of benzene rings is 1. The number of carbonyl (C=O) groups excluding carboxylic acids is 1. The molecule has 1 amide bonds. The number of nitrogens with zero attached hydrogens (tertiary/aromatic N) is 5. The maximum atomic E-state index is 14.3. The molecule has 0 spiro atoms. The molecule has 1 aliphatic heterocycles. The van der Waals surface area contributed by atoms with E-state index in [0.717, 1.165) is 45.1 Å². The molecular weight excluding hydrogens is 430 g/mol. The van der Waals surface area contributed by atoms with Crippen molar-refractivity contribution in [3.8, 4) is 10.6 Å². The standard InChI is InChI=1S/C26H23N5OS/c1-17-23-19(16-20(22-11-7-15-33-22)27-25(23)29(2)28-17)26(32)31-14-13-30-12-6-10-21(30)24(31)18-8-4-3-5-9-18/h3-12,15-16,24H,13-14H2,1-2H3. The predicted octanol–water partition coefficient (Wildman–Crippen LogP) is 5.05. The van der Waals surface area contributed by atoms with Gasteiger partial charge in [0.25, 0.3) is 5.91 Å². The van der Waals surface area contributed by atoms with Crippen LogP contribution in [0.5, 0.6) is 0 Å². The topological polar surface area (TPSA) is 56.0 Å². The van der Waals surface area contributed by atoms with E-state index in [1.165, 1.54) is 0 Å². The fourth-order valence-electron chi connectivity index (χ4n) is 4.91. The van der Waals surface area contributed by atoms with Gasteiger partial charge in [0.1, 0.15) is 0 Å². The highest BCUT2D eigenvalue weighted by molar-refractivity contribution is 7.13. The van der Waals surface area contributed by atoms with Crippen molar-refractivity contribution in [1.82, 2.24) is 24.2 Å². The Labute approximate surface area is 195 Å². The monoisotopic (exact) mass is 453 g/mol. The number of aromatic nitrogens is 4. The van der Waals surface area contributed by atoms with Gasteiger partial charge in [0.05, 0.1) is 33.3 Å². The Balaban J connectivity index is 1.54. The number of hydrogen-bond acceptors (Lipinski definition) is 4. The molecule has 164 valence electrons. The van der Waals surface area contributed by atoms with Gasteiger partial charge in [-0.25, -0.2) is 4.98 Å². The molecule has 0 fully saturated rings. The Hall–Kier alpha value is -3.71. The maximum Gasteiger partial charge on any atom is 0.255 e. The lowest BCUT2D eigenvalue weighted by Crippen LogP contribution is -2.42. The van der Waals surface area contributed by atoms with Crippen LogP contribution in [0.3, 0.4) is 0 Å². The van der Waals surface area contributed by atoms with Crippen LogP contribution < -0.4 is 0 Å². The number of pyridine rings is 1. The van der Waals surface area contributed by atoms with Gasteiger partial charge in [0.15, 0.2) is 5.65 Å². The van der Waals surface area contributed by atoms with Gasteiger partial charge >= 0.3 is 0 Å². The van der Waals surface area contributed by atoms with E-state index in [1.54, 1.807) is 16.0 Å². The molecule has 6 nitrogen and oxygen atoms in total. The summed E-state index contributed by atoms with van der Waals surface area (Å²) in [5, 5.41) is 7.45. The lowest BCUT2D eigenvalue weighted by molar-refractivity contribution is 0.0666. The van der Waals surface area contributed by atoms with Crippen LogP contribution in [0.15, 0.2) is 72.2 Å². The minimum absolute atomic E-state index is 0.0117. The molecule has 0 N–H and O–H groups in total. The quantitative estimate of drug-likeness (QED) is 0.384. The van der Waals surface area contributed by atoms with Crippen molar-refractivity contribution in [2.24, 2.45) is 7.05 Å². The highest BCUT2D eigenvalue weighted by Crippen LogP contribution is 2.36. The summed E-state index contributed by atoms with van der Waals surface area (Å²) in [6, 6.07) is 20.3. The minimum Gasteiger partial charge on any atom is -0.348 e. The normalized spacial score (nSPS) is 15.7. The van der Waals surface area contributed by atoms with Crippen molar-refractivity contribution >= 4 is 28.3 Å². The van der Waals surface area contributed by atoms with Gasteiger partial charge in [-0.05, 0) is 42.1 Å². The first-order chi connectivity index (χ1) is 16.1. The summed E-state index contributed by atoms with van der Waals surface area (Å²) in [6.07, 6.45) is 2.10. The largest absolute Gasteiger partial charge is 0.348 e. The molecule has 5 aromatic rings. The number of hydrogen-bond donors (Lipinski definition) is 0. The van der Waals surface area contributed by atoms with Crippen molar-refractivity contribution in [3.63, 3.8) is 0 Å². The molecule has 6 rings (SSSR count). The molecule has 0 saturated heterocycles. The number of rotatable bonds is 3. The van der Waals surface area contributed by atoms with Crippen LogP contribution in [0.2, 0.25) is 0 Å². The van der Waals surface area contributed by atoms with Crippen molar-refractivity contribution in [2.45, 2.75) is 19.5 Å². The molecule has 7 heteroatoms. The molecule has 33 heavy (non-hydrogen) atoms. The molecule has 0 radical (unpaired) electrons. The third-order valence-corrected chi connectivity index (χ3v) is 7.28. The number of aryl methyl sites for hydroxylation is 2. The van der Waals surface area contributed by atoms with E-state index in [-0.39, 0.29) is 11.9 Å². The summed E-state index contributed by atoms with van der Waals surface area (Å²) in [6.45, 7) is 3.36. The lowest BCUT2D eigenvalue weighted by Gasteiger charge is -2.37. The average Bonchev–Trinajstić information content (AvgIpc) is 3.59. The molecule has 4 aromatic heterocycles. The Kier molecular flexibility index (Phi) is 4.66. The lowest BCUT2D eigenvalue weighted by atomic mass is 9.98. The Morgan fingerprint density at radius 3 is 2.70 bits per heavy atom. The number of amides is 1. The van der Waals surface area contributed by atoms with Crippen LogP contribution in [0.4, 0.5) is 0 Å². The molecule has 1 unspecified atom stereocenters. The first kappa shape index (κ1) is 19.9. The number of fused-ring (bicyclic) bond motifs is 2. The molecular formula is C26H23N5OS. The van der Waals surface area contributed by atoms with E-state index >= 15 is 0 Å². The van der Waals surface area contributed by atoms with E-state index in [2.05, 4.69) is 40.1 Å². The molecule has 0 aliphatic carbocycles. The summed E-state index contributed by atoms with van der Waals surface area (Å²) in [5.41, 5.74) is 5.26. The van der Waals surface area contributed by atoms with Gasteiger partial charge in [0.2, 0.25) is 0 Å². The zero-order chi connectivity index (χ0) is 22.5. The number of thiophene rings is 1. The number of carbonyl (C=O) groups is 1. The summed E-state index contributed by atoms with van der Waals surface area (Å²) >= 11 is 1.62. The van der Waals surface area contributed by atoms with E-state index in [0.29, 0.717) is 12.1 Å². The molecule has 0 bridgehead atoms. The van der Waals surface area contributed by atoms with Crippen LogP contribution in [-0.2, 0) is 13.6 Å². The average molecular weight is 454 g/mol. The first-order valence-corrected chi connectivity index (χ1v) is 11.9. The highest BCUT2D eigenvalue weighted by Gasteiger charge is 2.34. The van der Waals surface area contributed by atoms with Crippen LogP contribution in [-0.4, -0.2) is 36.7 Å². The molecule has 1 atom stereocenters. The third kappa shape index (κ3) is 3.19. The second-order valence-corrected chi connectivity index (χ2v) is 9.33. The molecule has 1 aliphatic rings. The second-order valence-electron chi connectivity index (χ2n) is 8.38. The zero-order valence-electron chi connectivity index (χ0n) is 18.5. The fraction of sp³-hybridized carbons (Fsp3) is 0.192. The third-order valence-electron chi connectivity index (χ3n) is 6.39. The Bertz CT molecular complexity index is 1470. The molecule has 5 heterocycles. The van der Waals surface area contributed by atoms with Gasteiger partial charge < -0.3 is 9.47 Å². The minimum atomic E-state index is -0.146. The van der Waals surface area contributed by atoms with E-state index < -0.39 is 0 Å². The van der Waals surface area contributed by atoms with Crippen LogP contribution in [0, 0.1) is 6.92 Å². The van der Waals surface area contributed by atoms with Gasteiger partial charge in [-0.3, -0.25) is 9.48 Å². The fourth-order valence-corrected chi connectivity index (χ4v) is 5.59. The maximum absolute atomic E-state index is 14.3. The van der Waals surface area contributed by atoms with Crippen molar-refractivity contribution in [3.05, 3.63) is 94.8 Å². The summed E-state index contributed by atoms with van der Waals surface area (Å²) in [5.74, 6) is 0.0117. The van der Waals surface area contributed by atoms with Gasteiger partial charge in [-0.1, -0.05) is 36.4 Å².